The largest absolute Gasteiger partial charge is 0.497 e. The van der Waals surface area contributed by atoms with Gasteiger partial charge in [0.15, 0.2) is 0 Å². The number of nitrogens with one attached hydrogen (secondary N) is 1. The van der Waals surface area contributed by atoms with Crippen molar-refractivity contribution >= 4 is 11.8 Å². The van der Waals surface area contributed by atoms with Gasteiger partial charge in [-0.25, -0.2) is 0 Å². The van der Waals surface area contributed by atoms with Crippen molar-refractivity contribution in [3.8, 4) is 11.5 Å². The Bertz CT molecular complexity index is 501. The minimum Gasteiger partial charge on any atom is -0.497 e. The second-order valence-corrected chi connectivity index (χ2v) is 4.99. The van der Waals surface area contributed by atoms with E-state index in [9.17, 15) is 9.59 Å². The third-order valence-electron chi connectivity index (χ3n) is 3.46. The highest BCUT2D eigenvalue weighted by Crippen LogP contribution is 2.17. The molecule has 1 N–H and O–H groups in total. The van der Waals surface area contributed by atoms with Gasteiger partial charge in [-0.3, -0.25) is 9.59 Å². The predicted octanol–water partition coefficient (Wildman–Crippen LogP) is 0.668. The molecule has 2 amide bonds. The molecule has 0 bridgehead atoms. The molecule has 1 fully saturated rings. The van der Waals surface area contributed by atoms with Crippen molar-refractivity contribution in [2.75, 3.05) is 33.9 Å². The van der Waals surface area contributed by atoms with Crippen LogP contribution in [-0.4, -0.2) is 50.6 Å². The number of rotatable bonds is 6. The van der Waals surface area contributed by atoms with Gasteiger partial charge in [0.25, 0.3) is 0 Å². The number of benzene rings is 1. The highest BCUT2D eigenvalue weighted by atomic mass is 16.5. The number of methoxy groups -OCH3 is 1. The Hall–Kier alpha value is -2.24. The van der Waals surface area contributed by atoms with Crippen LogP contribution >= 0.6 is 0 Å². The van der Waals surface area contributed by atoms with E-state index in [0.29, 0.717) is 19.7 Å². The van der Waals surface area contributed by atoms with Crippen LogP contribution in [0.4, 0.5) is 0 Å². The van der Waals surface area contributed by atoms with Gasteiger partial charge in [0.2, 0.25) is 11.8 Å². The normalized spacial score (nSPS) is 17.2. The molecule has 0 radical (unpaired) electrons. The van der Waals surface area contributed by atoms with Crippen molar-refractivity contribution < 1.29 is 19.1 Å². The van der Waals surface area contributed by atoms with Crippen molar-refractivity contribution in [3.05, 3.63) is 24.3 Å². The lowest BCUT2D eigenvalue weighted by Crippen LogP contribution is -2.36. The first-order valence-electron chi connectivity index (χ1n) is 6.88. The summed E-state index contributed by atoms with van der Waals surface area (Å²) >= 11 is 0. The molecule has 1 aliphatic rings. The molecule has 21 heavy (non-hydrogen) atoms. The summed E-state index contributed by atoms with van der Waals surface area (Å²) in [6, 6.07) is 7.28. The fraction of sp³-hybridized carbons (Fsp3) is 0.467. The summed E-state index contributed by atoms with van der Waals surface area (Å²) in [5.41, 5.74) is 0. The Morgan fingerprint density at radius 2 is 2.00 bits per heavy atom. The maximum absolute atomic E-state index is 12.1. The number of ether oxygens (including phenoxy) is 2. The number of carbonyl (C=O) groups excluding carboxylic acids is 2. The van der Waals surface area contributed by atoms with Gasteiger partial charge in [-0.2, -0.15) is 0 Å². The van der Waals surface area contributed by atoms with Crippen LogP contribution in [0.15, 0.2) is 24.3 Å². The Labute approximate surface area is 124 Å². The van der Waals surface area contributed by atoms with Crippen LogP contribution in [0.1, 0.15) is 6.42 Å². The van der Waals surface area contributed by atoms with Gasteiger partial charge in [0.05, 0.1) is 19.6 Å². The lowest BCUT2D eigenvalue weighted by atomic mass is 10.1. The molecule has 6 heteroatoms. The third-order valence-corrected chi connectivity index (χ3v) is 3.46. The first-order valence-corrected chi connectivity index (χ1v) is 6.88. The van der Waals surface area contributed by atoms with Crippen molar-refractivity contribution in [1.29, 1.82) is 0 Å². The molecular formula is C15H20N2O4. The zero-order valence-electron chi connectivity index (χ0n) is 12.3. The maximum Gasteiger partial charge on any atom is 0.227 e. The molecule has 1 unspecified atom stereocenters. The number of likely N-dealkylation sites (N-methyl/N-ethyl adjacent to an activating group) is 1. The Morgan fingerprint density at radius 1 is 1.33 bits per heavy atom. The number of hydrogen-bond donors (Lipinski definition) is 1. The predicted molar refractivity (Wildman–Crippen MR) is 77.2 cm³/mol. The fourth-order valence-corrected chi connectivity index (χ4v) is 2.17. The Kier molecular flexibility index (Phi) is 5.03. The molecule has 114 valence electrons. The molecule has 1 aromatic carbocycles. The summed E-state index contributed by atoms with van der Waals surface area (Å²) in [6.07, 6.45) is 0.280. The highest BCUT2D eigenvalue weighted by molar-refractivity contribution is 5.89. The van der Waals surface area contributed by atoms with Crippen LogP contribution in [0.5, 0.6) is 11.5 Å². The van der Waals surface area contributed by atoms with E-state index in [2.05, 4.69) is 5.32 Å². The van der Waals surface area contributed by atoms with Crippen LogP contribution in [-0.2, 0) is 9.59 Å². The van der Waals surface area contributed by atoms with Gasteiger partial charge in [0, 0.05) is 20.0 Å². The fourth-order valence-electron chi connectivity index (χ4n) is 2.17. The van der Waals surface area contributed by atoms with E-state index < -0.39 is 0 Å². The molecule has 1 saturated heterocycles. The van der Waals surface area contributed by atoms with Crippen molar-refractivity contribution in [3.63, 3.8) is 0 Å². The minimum absolute atomic E-state index is 0.0216. The molecule has 2 rings (SSSR count). The molecule has 1 atom stereocenters. The average Bonchev–Trinajstić information content (AvgIpc) is 2.93. The van der Waals surface area contributed by atoms with Gasteiger partial charge in [-0.15, -0.1) is 0 Å². The second kappa shape index (κ2) is 6.97. The lowest BCUT2D eigenvalue weighted by molar-refractivity contribution is -0.134. The third kappa shape index (κ3) is 4.11. The van der Waals surface area contributed by atoms with E-state index >= 15 is 0 Å². The summed E-state index contributed by atoms with van der Waals surface area (Å²) < 4.78 is 10.6. The summed E-state index contributed by atoms with van der Waals surface area (Å²) in [4.78, 5) is 24.8. The van der Waals surface area contributed by atoms with E-state index in [1.54, 1.807) is 19.1 Å². The van der Waals surface area contributed by atoms with Crippen LogP contribution < -0.4 is 14.8 Å². The quantitative estimate of drug-likeness (QED) is 0.837. The molecule has 0 saturated carbocycles. The first-order chi connectivity index (χ1) is 10.1. The molecule has 1 aromatic rings. The smallest absolute Gasteiger partial charge is 0.227 e. The van der Waals surface area contributed by atoms with Crippen molar-refractivity contribution in [2.24, 2.45) is 5.92 Å². The van der Waals surface area contributed by atoms with Crippen LogP contribution in [0.2, 0.25) is 0 Å². The SMILES string of the molecule is COc1ccc(OCCN(C)C(=O)C2CNC(=O)C2)cc1. The average molecular weight is 292 g/mol. The van der Waals surface area contributed by atoms with Gasteiger partial charge in [-0.05, 0) is 24.3 Å². The monoisotopic (exact) mass is 292 g/mol. The summed E-state index contributed by atoms with van der Waals surface area (Å²) in [5.74, 6) is 1.17. The van der Waals surface area contributed by atoms with E-state index in [1.807, 2.05) is 24.3 Å². The second-order valence-electron chi connectivity index (χ2n) is 4.99. The Morgan fingerprint density at radius 3 is 2.57 bits per heavy atom. The number of nitrogens with zero attached hydrogens (tertiary/aromatic N) is 1. The summed E-state index contributed by atoms with van der Waals surface area (Å²) in [7, 11) is 3.33. The van der Waals surface area contributed by atoms with Crippen LogP contribution in [0, 0.1) is 5.92 Å². The zero-order chi connectivity index (χ0) is 15.2. The van der Waals surface area contributed by atoms with Crippen LogP contribution in [0.3, 0.4) is 0 Å². The summed E-state index contributed by atoms with van der Waals surface area (Å²) in [5, 5.41) is 2.67. The van der Waals surface area contributed by atoms with Gasteiger partial charge >= 0.3 is 0 Å². The first kappa shape index (κ1) is 15.2. The van der Waals surface area contributed by atoms with Gasteiger partial charge < -0.3 is 19.7 Å². The number of hydrogen-bond acceptors (Lipinski definition) is 4. The van der Waals surface area contributed by atoms with E-state index in [-0.39, 0.29) is 24.2 Å². The zero-order valence-corrected chi connectivity index (χ0v) is 12.3. The molecule has 1 heterocycles. The van der Waals surface area contributed by atoms with Crippen molar-refractivity contribution in [1.82, 2.24) is 10.2 Å². The molecule has 1 aliphatic heterocycles. The van der Waals surface area contributed by atoms with Crippen LogP contribution in [0.25, 0.3) is 0 Å². The molecule has 0 spiro atoms. The highest BCUT2D eigenvalue weighted by Gasteiger charge is 2.29. The molecule has 0 aromatic heterocycles. The van der Waals surface area contributed by atoms with E-state index in [4.69, 9.17) is 9.47 Å². The van der Waals surface area contributed by atoms with E-state index in [1.165, 1.54) is 0 Å². The van der Waals surface area contributed by atoms with Gasteiger partial charge in [0.1, 0.15) is 18.1 Å². The number of carbonyl (C=O) groups is 2. The maximum atomic E-state index is 12.1. The number of amides is 2. The summed E-state index contributed by atoms with van der Waals surface area (Å²) in [6.45, 7) is 1.32. The molecular weight excluding hydrogens is 272 g/mol. The Balaban J connectivity index is 1.74. The lowest BCUT2D eigenvalue weighted by Gasteiger charge is -2.20. The van der Waals surface area contributed by atoms with Crippen molar-refractivity contribution in [2.45, 2.75) is 6.42 Å². The minimum atomic E-state index is -0.247. The standard InChI is InChI=1S/C15H20N2O4/c1-17(15(19)11-9-14(18)16-10-11)7-8-21-13-5-3-12(20-2)4-6-13/h3-6,11H,7-10H2,1-2H3,(H,16,18). The van der Waals surface area contributed by atoms with Gasteiger partial charge in [-0.1, -0.05) is 0 Å². The van der Waals surface area contributed by atoms with E-state index in [0.717, 1.165) is 11.5 Å². The topological polar surface area (TPSA) is 67.9 Å². The molecule has 6 nitrogen and oxygen atoms in total. The molecule has 0 aliphatic carbocycles.